The average Bonchev–Trinajstić information content (AvgIpc) is 2.41. The van der Waals surface area contributed by atoms with E-state index in [1.807, 2.05) is 0 Å². The van der Waals surface area contributed by atoms with Crippen molar-refractivity contribution in [3.05, 3.63) is 33.7 Å². The number of carbonyl (C=O) groups excluding carboxylic acids is 1. The second kappa shape index (κ2) is 9.46. The van der Waals surface area contributed by atoms with Crippen LogP contribution in [0.25, 0.3) is 0 Å². The molecule has 0 N–H and O–H groups in total. The van der Waals surface area contributed by atoms with E-state index in [2.05, 4.69) is 0 Å². The van der Waals surface area contributed by atoms with Gasteiger partial charge in [0.25, 0.3) is 5.56 Å². The minimum absolute atomic E-state index is 0. The first-order valence-electron chi connectivity index (χ1n) is 7.61. The zero-order valence-electron chi connectivity index (χ0n) is 15.2. The maximum Gasteiger partial charge on any atom is 1.00 e. The number of rotatable bonds is 7. The van der Waals surface area contributed by atoms with Crippen LogP contribution in [-0.2, 0) is 17.4 Å². The van der Waals surface area contributed by atoms with E-state index in [1.54, 1.807) is 32.8 Å². The molecule has 0 aromatic carbocycles. The zero-order chi connectivity index (χ0) is 18.7. The van der Waals surface area contributed by atoms with E-state index < -0.39 is 29.3 Å². The van der Waals surface area contributed by atoms with Gasteiger partial charge in [0.1, 0.15) is 0 Å². The number of pyridine rings is 1. The van der Waals surface area contributed by atoms with Crippen LogP contribution in [-0.4, -0.2) is 36.1 Å². The number of carboxylic acids is 1. The summed E-state index contributed by atoms with van der Waals surface area (Å²) in [5.74, 6) is -1.54. The normalized spacial score (nSPS) is 13.0. The molecule has 0 amide bonds. The number of likely N-dealkylation sites (N-methyl/N-ethyl adjacent to an activating group) is 1. The molecule has 0 aliphatic heterocycles. The van der Waals surface area contributed by atoms with E-state index in [9.17, 15) is 27.9 Å². The number of nitrogens with zero attached hydrogens (tertiary/aromatic N) is 2. The number of alkyl halides is 3. The van der Waals surface area contributed by atoms with Crippen LogP contribution in [0.15, 0.2) is 17.1 Å². The van der Waals surface area contributed by atoms with E-state index in [4.69, 9.17) is 0 Å². The zero-order valence-corrected chi connectivity index (χ0v) is 15.2. The molecule has 9 heteroatoms. The third kappa shape index (κ3) is 6.88. The molecule has 1 aromatic rings. The van der Waals surface area contributed by atoms with Gasteiger partial charge in [0, 0.05) is 18.8 Å². The maximum atomic E-state index is 13.2. The Bertz CT molecular complexity index is 642. The molecule has 1 rings (SSSR count). The number of carboxylic acid groups (broad SMARTS) is 1. The van der Waals surface area contributed by atoms with Gasteiger partial charge >= 0.3 is 25.0 Å². The maximum absolute atomic E-state index is 13.2. The van der Waals surface area contributed by atoms with Gasteiger partial charge in [-0.2, -0.15) is 13.2 Å². The van der Waals surface area contributed by atoms with Gasteiger partial charge in [-0.1, -0.05) is 13.8 Å². The Morgan fingerprint density at radius 1 is 1.32 bits per heavy atom. The monoisotopic (exact) mass is 354 g/mol. The molecule has 0 saturated heterocycles. The average molecular weight is 354 g/mol. The summed E-state index contributed by atoms with van der Waals surface area (Å²) in [6, 6.07) is -0.820. The quantitative estimate of drug-likeness (QED) is 0.549. The fourth-order valence-corrected chi connectivity index (χ4v) is 2.41. The van der Waals surface area contributed by atoms with E-state index in [0.29, 0.717) is 12.6 Å². The molecule has 1 atom stereocenters. The SMILES string of the molecule is CC(C)CC(C(=O)[O-])n1cc(CCN(C)C)c(C(F)(F)F)cc1=O.[Li+]. The van der Waals surface area contributed by atoms with Crippen LogP contribution in [0.1, 0.15) is 37.4 Å². The van der Waals surface area contributed by atoms with Crippen molar-refractivity contribution in [1.29, 1.82) is 0 Å². The molecule has 1 aromatic heterocycles. The summed E-state index contributed by atoms with van der Waals surface area (Å²) < 4.78 is 40.3. The summed E-state index contributed by atoms with van der Waals surface area (Å²) >= 11 is 0. The largest absolute Gasteiger partial charge is 1.00 e. The first-order valence-corrected chi connectivity index (χ1v) is 7.61. The summed E-state index contributed by atoms with van der Waals surface area (Å²) in [6.07, 6.45) is -3.52. The first-order chi connectivity index (χ1) is 10.9. The molecule has 136 valence electrons. The fourth-order valence-electron chi connectivity index (χ4n) is 2.41. The van der Waals surface area contributed by atoms with Crippen molar-refractivity contribution >= 4 is 5.97 Å². The molecule has 0 radical (unpaired) electrons. The topological polar surface area (TPSA) is 65.4 Å². The Balaban J connectivity index is 0.00000576. The van der Waals surface area contributed by atoms with Crippen LogP contribution in [0.4, 0.5) is 13.2 Å². The first kappa shape index (κ1) is 23.8. The molecule has 25 heavy (non-hydrogen) atoms. The van der Waals surface area contributed by atoms with Gasteiger partial charge in [0.2, 0.25) is 0 Å². The summed E-state index contributed by atoms with van der Waals surface area (Å²) in [6.45, 7) is 3.86. The second-order valence-electron chi connectivity index (χ2n) is 6.47. The predicted octanol–water partition coefficient (Wildman–Crippen LogP) is -1.69. The van der Waals surface area contributed by atoms with Crippen LogP contribution in [0.3, 0.4) is 0 Å². The van der Waals surface area contributed by atoms with Gasteiger partial charge in [-0.3, -0.25) is 4.79 Å². The van der Waals surface area contributed by atoms with E-state index in [1.165, 1.54) is 0 Å². The molecular formula is C16H22F3LiN2O3. The number of hydrogen-bond donors (Lipinski definition) is 0. The Labute approximate surface area is 157 Å². The number of carbonyl (C=O) groups is 1. The van der Waals surface area contributed by atoms with Crippen LogP contribution in [0.5, 0.6) is 0 Å². The minimum Gasteiger partial charge on any atom is -0.548 e. The number of aromatic nitrogens is 1. The fraction of sp³-hybridized carbons (Fsp3) is 0.625. The van der Waals surface area contributed by atoms with E-state index >= 15 is 0 Å². The molecule has 5 nitrogen and oxygen atoms in total. The minimum atomic E-state index is -4.67. The summed E-state index contributed by atoms with van der Waals surface area (Å²) in [7, 11) is 3.43. The summed E-state index contributed by atoms with van der Waals surface area (Å²) in [5, 5.41) is 11.3. The van der Waals surface area contributed by atoms with Crippen molar-refractivity contribution < 1.29 is 41.9 Å². The Hall–Kier alpha value is -1.23. The second-order valence-corrected chi connectivity index (χ2v) is 6.47. The molecule has 0 aliphatic rings. The number of halogens is 3. The Morgan fingerprint density at radius 3 is 2.28 bits per heavy atom. The molecule has 1 unspecified atom stereocenters. The van der Waals surface area contributed by atoms with Crippen molar-refractivity contribution in [2.75, 3.05) is 20.6 Å². The molecule has 0 spiro atoms. The third-order valence-electron chi connectivity index (χ3n) is 3.60. The number of hydrogen-bond acceptors (Lipinski definition) is 4. The predicted molar refractivity (Wildman–Crippen MR) is 81.5 cm³/mol. The summed E-state index contributed by atoms with van der Waals surface area (Å²) in [5.41, 5.74) is -2.12. The molecule has 1 heterocycles. The molecule has 0 bridgehead atoms. The Kier molecular flexibility index (Phi) is 8.99. The van der Waals surface area contributed by atoms with Crippen LogP contribution in [0.2, 0.25) is 0 Å². The van der Waals surface area contributed by atoms with Gasteiger partial charge in [-0.05, 0) is 38.4 Å². The van der Waals surface area contributed by atoms with Gasteiger partial charge in [-0.15, -0.1) is 0 Å². The van der Waals surface area contributed by atoms with Crippen molar-refractivity contribution in [3.8, 4) is 0 Å². The Morgan fingerprint density at radius 2 is 1.88 bits per heavy atom. The van der Waals surface area contributed by atoms with Gasteiger partial charge in [0.15, 0.2) is 0 Å². The van der Waals surface area contributed by atoms with Gasteiger partial charge in [-0.25, -0.2) is 0 Å². The summed E-state index contributed by atoms with van der Waals surface area (Å²) in [4.78, 5) is 25.1. The van der Waals surface area contributed by atoms with E-state index in [0.717, 1.165) is 10.8 Å². The molecular weight excluding hydrogens is 332 g/mol. The molecule has 0 fully saturated rings. The smallest absolute Gasteiger partial charge is 0.548 e. The van der Waals surface area contributed by atoms with Crippen LogP contribution >= 0.6 is 0 Å². The molecule has 0 aliphatic carbocycles. The van der Waals surface area contributed by atoms with Crippen LogP contribution < -0.4 is 29.5 Å². The van der Waals surface area contributed by atoms with Crippen LogP contribution in [0, 0.1) is 5.92 Å². The van der Waals surface area contributed by atoms with Gasteiger partial charge < -0.3 is 19.4 Å². The standard InChI is InChI=1S/C16H23F3N2O3.Li/c1-10(2)7-13(15(23)24)21-9-11(5-6-20(3)4)12(8-14(21)22)16(17,18)19;/h8-10,13H,5-7H2,1-4H3,(H,23,24);/q;+1/p-1. The third-order valence-corrected chi connectivity index (χ3v) is 3.60. The van der Waals surface area contributed by atoms with Crippen molar-refractivity contribution in [1.82, 2.24) is 9.47 Å². The van der Waals surface area contributed by atoms with Crippen molar-refractivity contribution in [2.24, 2.45) is 5.92 Å². The van der Waals surface area contributed by atoms with Crippen molar-refractivity contribution in [3.63, 3.8) is 0 Å². The molecule has 0 saturated carbocycles. The number of aliphatic carboxylic acids is 1. The van der Waals surface area contributed by atoms with Gasteiger partial charge in [0.05, 0.1) is 17.6 Å². The van der Waals surface area contributed by atoms with E-state index in [-0.39, 0.29) is 43.2 Å². The van der Waals surface area contributed by atoms with Crippen molar-refractivity contribution in [2.45, 2.75) is 38.9 Å².